The molecule has 0 saturated carbocycles. The maximum atomic E-state index is 13.7. The number of likely N-dealkylation sites (tertiary alicyclic amines) is 1. The molecule has 1 aliphatic rings. The van der Waals surface area contributed by atoms with Crippen LogP contribution in [0.4, 0.5) is 4.39 Å². The predicted octanol–water partition coefficient (Wildman–Crippen LogP) is 3.29. The summed E-state index contributed by atoms with van der Waals surface area (Å²) in [6, 6.07) is 0. The highest BCUT2D eigenvalue weighted by atomic mass is 19.1. The van der Waals surface area contributed by atoms with E-state index < -0.39 is 0 Å². The van der Waals surface area contributed by atoms with Gasteiger partial charge in [0.25, 0.3) is 0 Å². The Labute approximate surface area is 103 Å². The SMILES string of the molecule is C=C/C(F)=C(/CN1CCCC(C)C1)C(=C)OC. The molecule has 17 heavy (non-hydrogen) atoms. The van der Waals surface area contributed by atoms with Gasteiger partial charge in [0.15, 0.2) is 0 Å². The number of rotatable bonds is 5. The van der Waals surface area contributed by atoms with Crippen LogP contribution >= 0.6 is 0 Å². The molecular formula is C14H22FNO. The molecule has 1 fully saturated rings. The van der Waals surface area contributed by atoms with Gasteiger partial charge in [0.1, 0.15) is 11.6 Å². The van der Waals surface area contributed by atoms with Crippen LogP contribution in [0.5, 0.6) is 0 Å². The van der Waals surface area contributed by atoms with E-state index in [1.54, 1.807) is 0 Å². The topological polar surface area (TPSA) is 12.5 Å². The fourth-order valence-corrected chi connectivity index (χ4v) is 2.20. The van der Waals surface area contributed by atoms with Crippen LogP contribution in [0.25, 0.3) is 0 Å². The van der Waals surface area contributed by atoms with E-state index in [9.17, 15) is 4.39 Å². The standard InChI is InChI=1S/C14H22FNO/c1-5-14(15)13(12(3)17-4)10-16-8-6-7-11(2)9-16/h5,11H,1,3,6-10H2,2,4H3/b14-13+. The van der Waals surface area contributed by atoms with E-state index in [-0.39, 0.29) is 5.83 Å². The molecule has 0 aromatic heterocycles. The minimum absolute atomic E-state index is 0.338. The monoisotopic (exact) mass is 239 g/mol. The molecule has 1 atom stereocenters. The molecule has 3 heteroatoms. The van der Waals surface area contributed by atoms with Gasteiger partial charge in [0, 0.05) is 18.7 Å². The molecule has 0 aromatic carbocycles. The number of methoxy groups -OCH3 is 1. The fourth-order valence-electron chi connectivity index (χ4n) is 2.20. The van der Waals surface area contributed by atoms with Crippen LogP contribution in [-0.4, -0.2) is 31.6 Å². The second-order valence-corrected chi connectivity index (χ2v) is 4.64. The Morgan fingerprint density at radius 2 is 2.29 bits per heavy atom. The van der Waals surface area contributed by atoms with Crippen LogP contribution < -0.4 is 0 Å². The summed E-state index contributed by atoms with van der Waals surface area (Å²) in [6.07, 6.45) is 3.64. The summed E-state index contributed by atoms with van der Waals surface area (Å²) in [4.78, 5) is 2.25. The molecule has 0 aliphatic carbocycles. The Hall–Kier alpha value is -1.09. The summed E-state index contributed by atoms with van der Waals surface area (Å²) < 4.78 is 18.7. The first kappa shape index (κ1) is 14.0. The number of piperidine rings is 1. The molecular weight excluding hydrogens is 217 g/mol. The van der Waals surface area contributed by atoms with Crippen molar-refractivity contribution in [2.24, 2.45) is 5.92 Å². The molecule has 1 unspecified atom stereocenters. The van der Waals surface area contributed by atoms with Crippen molar-refractivity contribution in [3.63, 3.8) is 0 Å². The van der Waals surface area contributed by atoms with Crippen LogP contribution in [0, 0.1) is 5.92 Å². The Morgan fingerprint density at radius 1 is 1.59 bits per heavy atom. The average Bonchev–Trinajstić information content (AvgIpc) is 2.34. The van der Waals surface area contributed by atoms with Crippen LogP contribution in [0.1, 0.15) is 19.8 Å². The predicted molar refractivity (Wildman–Crippen MR) is 69.3 cm³/mol. The molecule has 0 radical (unpaired) electrons. The Morgan fingerprint density at radius 3 is 2.82 bits per heavy atom. The number of hydrogen-bond donors (Lipinski definition) is 0. The van der Waals surface area contributed by atoms with E-state index in [2.05, 4.69) is 25.0 Å². The van der Waals surface area contributed by atoms with Gasteiger partial charge in [-0.2, -0.15) is 0 Å². The van der Waals surface area contributed by atoms with Gasteiger partial charge >= 0.3 is 0 Å². The van der Waals surface area contributed by atoms with Crippen molar-refractivity contribution in [2.75, 3.05) is 26.7 Å². The van der Waals surface area contributed by atoms with Crippen molar-refractivity contribution in [3.8, 4) is 0 Å². The van der Waals surface area contributed by atoms with Crippen molar-refractivity contribution < 1.29 is 9.13 Å². The first-order valence-corrected chi connectivity index (χ1v) is 6.05. The Bertz CT molecular complexity index is 322. The lowest BCUT2D eigenvalue weighted by Gasteiger charge is -2.31. The largest absolute Gasteiger partial charge is 0.497 e. The average molecular weight is 239 g/mol. The third kappa shape index (κ3) is 4.00. The van der Waals surface area contributed by atoms with Gasteiger partial charge < -0.3 is 4.74 Å². The molecule has 1 rings (SSSR count). The third-order valence-corrected chi connectivity index (χ3v) is 3.17. The molecule has 0 amide bonds. The molecule has 0 bridgehead atoms. The summed E-state index contributed by atoms with van der Waals surface area (Å²) in [6.45, 7) is 12.0. The molecule has 0 N–H and O–H groups in total. The highest BCUT2D eigenvalue weighted by Gasteiger charge is 2.19. The zero-order chi connectivity index (χ0) is 12.8. The number of hydrogen-bond acceptors (Lipinski definition) is 2. The highest BCUT2D eigenvalue weighted by Crippen LogP contribution is 2.21. The quantitative estimate of drug-likeness (QED) is 0.539. The Kier molecular flexibility index (Phi) is 5.42. The summed E-state index contributed by atoms with van der Waals surface area (Å²) in [7, 11) is 1.51. The second-order valence-electron chi connectivity index (χ2n) is 4.64. The number of allylic oxidation sites excluding steroid dienone is 2. The Balaban J connectivity index is 2.73. The summed E-state index contributed by atoms with van der Waals surface area (Å²) >= 11 is 0. The van der Waals surface area contributed by atoms with E-state index in [0.717, 1.165) is 13.1 Å². The lowest BCUT2D eigenvalue weighted by Crippen LogP contribution is -2.36. The third-order valence-electron chi connectivity index (χ3n) is 3.17. The molecule has 1 heterocycles. The van der Waals surface area contributed by atoms with Gasteiger partial charge in [-0.3, -0.25) is 4.90 Å². The fraction of sp³-hybridized carbons (Fsp3) is 0.571. The van der Waals surface area contributed by atoms with Crippen LogP contribution in [0.3, 0.4) is 0 Å². The van der Waals surface area contributed by atoms with E-state index in [1.807, 2.05) is 0 Å². The van der Waals surface area contributed by atoms with E-state index in [0.29, 0.717) is 23.8 Å². The van der Waals surface area contributed by atoms with Crippen molar-refractivity contribution in [3.05, 3.63) is 36.4 Å². The second kappa shape index (κ2) is 6.60. The van der Waals surface area contributed by atoms with Crippen molar-refractivity contribution in [2.45, 2.75) is 19.8 Å². The molecule has 0 spiro atoms. The molecule has 0 aromatic rings. The van der Waals surface area contributed by atoms with Crippen LogP contribution in [0.15, 0.2) is 36.4 Å². The molecule has 1 saturated heterocycles. The first-order valence-electron chi connectivity index (χ1n) is 6.05. The minimum atomic E-state index is -0.338. The van der Waals surface area contributed by atoms with Gasteiger partial charge in [0.2, 0.25) is 0 Å². The van der Waals surface area contributed by atoms with Gasteiger partial charge in [-0.1, -0.05) is 20.1 Å². The minimum Gasteiger partial charge on any atom is -0.497 e. The van der Waals surface area contributed by atoms with Crippen molar-refractivity contribution >= 4 is 0 Å². The number of ether oxygens (including phenoxy) is 1. The summed E-state index contributed by atoms with van der Waals surface area (Å²) in [5.41, 5.74) is 0.511. The normalized spacial score (nSPS) is 22.9. The van der Waals surface area contributed by atoms with Crippen LogP contribution in [-0.2, 0) is 4.74 Å². The molecule has 1 aliphatic heterocycles. The van der Waals surface area contributed by atoms with Crippen molar-refractivity contribution in [1.29, 1.82) is 0 Å². The first-order chi connectivity index (χ1) is 8.08. The maximum absolute atomic E-state index is 13.7. The van der Waals surface area contributed by atoms with E-state index in [4.69, 9.17) is 4.74 Å². The maximum Gasteiger partial charge on any atom is 0.130 e. The summed E-state index contributed by atoms with van der Waals surface area (Å²) in [5, 5.41) is 0. The van der Waals surface area contributed by atoms with Gasteiger partial charge in [-0.05, 0) is 31.4 Å². The van der Waals surface area contributed by atoms with Gasteiger partial charge in [0.05, 0.1) is 7.11 Å². The lowest BCUT2D eigenvalue weighted by atomic mass is 9.99. The van der Waals surface area contributed by atoms with Gasteiger partial charge in [-0.25, -0.2) is 4.39 Å². The van der Waals surface area contributed by atoms with Crippen LogP contribution in [0.2, 0.25) is 0 Å². The number of nitrogens with zero attached hydrogens (tertiary/aromatic N) is 1. The van der Waals surface area contributed by atoms with E-state index >= 15 is 0 Å². The smallest absolute Gasteiger partial charge is 0.130 e. The summed E-state index contributed by atoms with van der Waals surface area (Å²) in [5.74, 6) is 0.725. The highest BCUT2D eigenvalue weighted by molar-refractivity contribution is 5.32. The zero-order valence-electron chi connectivity index (χ0n) is 10.8. The number of halogens is 1. The zero-order valence-corrected chi connectivity index (χ0v) is 10.8. The van der Waals surface area contributed by atoms with E-state index in [1.165, 1.54) is 26.0 Å². The molecule has 2 nitrogen and oxygen atoms in total. The van der Waals surface area contributed by atoms with Crippen molar-refractivity contribution in [1.82, 2.24) is 4.90 Å². The molecule has 96 valence electrons. The lowest BCUT2D eigenvalue weighted by molar-refractivity contribution is 0.191. The van der Waals surface area contributed by atoms with Gasteiger partial charge in [-0.15, -0.1) is 0 Å².